The predicted molar refractivity (Wildman–Crippen MR) is 84.4 cm³/mol. The highest BCUT2D eigenvalue weighted by atomic mass is 35.5. The number of aromatic nitrogens is 1. The van der Waals surface area contributed by atoms with Crippen LogP contribution in [0.5, 0.6) is 5.75 Å². The van der Waals surface area contributed by atoms with Gasteiger partial charge < -0.3 is 15.0 Å². The van der Waals surface area contributed by atoms with E-state index < -0.39 is 0 Å². The molecule has 2 aromatic rings. The van der Waals surface area contributed by atoms with E-state index in [0.717, 1.165) is 11.3 Å². The number of nitrogens with one attached hydrogen (secondary N) is 1. The largest absolute Gasteiger partial charge is 0.495 e. The lowest BCUT2D eigenvalue weighted by atomic mass is 10.1. The van der Waals surface area contributed by atoms with Gasteiger partial charge in [-0.25, -0.2) is 0 Å². The Hall–Kier alpha value is -2.27. The fraction of sp³-hybridized carbons (Fsp3) is 0.200. The number of pyridine rings is 1. The molecule has 0 unspecified atom stereocenters. The zero-order chi connectivity index (χ0) is 15.6. The topological polar surface area (TPSA) is 81.1 Å². The van der Waals surface area contributed by atoms with Gasteiger partial charge in [-0.1, -0.05) is 11.6 Å². The third-order valence-corrected chi connectivity index (χ3v) is 3.52. The summed E-state index contributed by atoms with van der Waals surface area (Å²) in [5.41, 5.74) is 6.85. The van der Waals surface area contributed by atoms with Crippen molar-refractivity contribution < 1.29 is 4.74 Å². The summed E-state index contributed by atoms with van der Waals surface area (Å²) >= 11 is 6.13. The van der Waals surface area contributed by atoms with Crippen LogP contribution >= 0.6 is 11.6 Å². The Balaban J connectivity index is 2.64. The molecule has 0 aliphatic rings. The molecule has 2 rings (SSSR count). The van der Waals surface area contributed by atoms with Crippen molar-refractivity contribution in [3.63, 3.8) is 0 Å². The first kappa shape index (κ1) is 15.1. The van der Waals surface area contributed by atoms with Gasteiger partial charge in [0.2, 0.25) is 0 Å². The number of nitrogens with zero attached hydrogens (tertiary/aromatic N) is 1. The number of benzene rings is 1. The SMILES string of the molecule is CCn1c(-c2ccc(OC)c(Cl)c2)ccc(C(=N)N)c1=O. The summed E-state index contributed by atoms with van der Waals surface area (Å²) in [7, 11) is 1.55. The molecular formula is C15H16ClN3O2. The second-order valence-corrected chi connectivity index (χ2v) is 4.85. The van der Waals surface area contributed by atoms with E-state index in [0.29, 0.717) is 17.3 Å². The molecular weight excluding hydrogens is 290 g/mol. The Morgan fingerprint density at radius 2 is 2.10 bits per heavy atom. The number of hydrogen-bond donors (Lipinski definition) is 2. The quantitative estimate of drug-likeness (QED) is 0.672. The fourth-order valence-electron chi connectivity index (χ4n) is 2.18. The van der Waals surface area contributed by atoms with Crippen molar-refractivity contribution >= 4 is 17.4 Å². The summed E-state index contributed by atoms with van der Waals surface area (Å²) in [6.45, 7) is 2.33. The van der Waals surface area contributed by atoms with Gasteiger partial charge in [0.05, 0.1) is 23.4 Å². The maximum Gasteiger partial charge on any atom is 0.261 e. The Morgan fingerprint density at radius 3 is 2.62 bits per heavy atom. The highest BCUT2D eigenvalue weighted by Gasteiger charge is 2.12. The van der Waals surface area contributed by atoms with Crippen molar-refractivity contribution in [2.75, 3.05) is 7.11 Å². The maximum atomic E-state index is 12.3. The van der Waals surface area contributed by atoms with E-state index in [-0.39, 0.29) is 17.0 Å². The second-order valence-electron chi connectivity index (χ2n) is 4.44. The Morgan fingerprint density at radius 1 is 1.38 bits per heavy atom. The van der Waals surface area contributed by atoms with Gasteiger partial charge in [-0.2, -0.15) is 0 Å². The Kier molecular flexibility index (Phi) is 4.33. The third kappa shape index (κ3) is 2.78. The number of halogens is 1. The average Bonchev–Trinajstić information content (AvgIpc) is 2.46. The molecule has 0 atom stereocenters. The lowest BCUT2D eigenvalue weighted by Gasteiger charge is -2.13. The number of nitrogen functional groups attached to an aromatic ring is 1. The lowest BCUT2D eigenvalue weighted by Crippen LogP contribution is -2.30. The van der Waals surface area contributed by atoms with Crippen LogP contribution in [0.25, 0.3) is 11.3 Å². The first-order valence-electron chi connectivity index (χ1n) is 6.41. The zero-order valence-corrected chi connectivity index (χ0v) is 12.6. The molecule has 6 heteroatoms. The van der Waals surface area contributed by atoms with Gasteiger partial charge in [-0.3, -0.25) is 10.2 Å². The minimum atomic E-state index is -0.283. The van der Waals surface area contributed by atoms with Crippen LogP contribution in [0.2, 0.25) is 5.02 Å². The van der Waals surface area contributed by atoms with Crippen molar-refractivity contribution in [3.8, 4) is 17.0 Å². The van der Waals surface area contributed by atoms with Gasteiger partial charge in [-0.05, 0) is 42.8 Å². The van der Waals surface area contributed by atoms with Crippen LogP contribution in [0.4, 0.5) is 0 Å². The first-order valence-corrected chi connectivity index (χ1v) is 6.79. The molecule has 0 aliphatic heterocycles. The number of ether oxygens (including phenoxy) is 1. The van der Waals surface area contributed by atoms with Crippen molar-refractivity contribution in [3.05, 3.63) is 51.3 Å². The van der Waals surface area contributed by atoms with Crippen LogP contribution in [-0.2, 0) is 6.54 Å². The lowest BCUT2D eigenvalue weighted by molar-refractivity contribution is 0.415. The van der Waals surface area contributed by atoms with Crippen LogP contribution in [0.3, 0.4) is 0 Å². The van der Waals surface area contributed by atoms with Crippen molar-refractivity contribution in [1.82, 2.24) is 4.57 Å². The summed E-state index contributed by atoms with van der Waals surface area (Å²) in [6, 6.07) is 8.65. The van der Waals surface area contributed by atoms with Crippen molar-refractivity contribution in [2.24, 2.45) is 5.73 Å². The second kappa shape index (κ2) is 6.01. The molecule has 0 aliphatic carbocycles. The van der Waals surface area contributed by atoms with E-state index in [4.69, 9.17) is 27.5 Å². The van der Waals surface area contributed by atoms with Crippen LogP contribution in [-0.4, -0.2) is 17.5 Å². The average molecular weight is 306 g/mol. The first-order chi connectivity index (χ1) is 9.99. The minimum Gasteiger partial charge on any atom is -0.495 e. The summed E-state index contributed by atoms with van der Waals surface area (Å²) < 4.78 is 6.69. The van der Waals surface area contributed by atoms with Crippen LogP contribution in [0.1, 0.15) is 12.5 Å². The molecule has 0 saturated carbocycles. The van der Waals surface area contributed by atoms with Crippen molar-refractivity contribution in [2.45, 2.75) is 13.5 Å². The molecule has 0 radical (unpaired) electrons. The summed E-state index contributed by atoms with van der Waals surface area (Å²) in [5, 5.41) is 7.91. The molecule has 0 amide bonds. The number of methoxy groups -OCH3 is 1. The smallest absolute Gasteiger partial charge is 0.261 e. The number of nitrogens with two attached hydrogens (primary N) is 1. The number of hydrogen-bond acceptors (Lipinski definition) is 3. The van der Waals surface area contributed by atoms with Gasteiger partial charge in [-0.15, -0.1) is 0 Å². The number of amidine groups is 1. The molecule has 5 nitrogen and oxygen atoms in total. The van der Waals surface area contributed by atoms with E-state index in [9.17, 15) is 4.79 Å². The standard InChI is InChI=1S/C15H16ClN3O2/c1-3-19-12(6-5-10(14(17)18)15(19)20)9-4-7-13(21-2)11(16)8-9/h4-8H,3H2,1-2H3,(H3,17,18). The molecule has 1 aromatic carbocycles. The zero-order valence-electron chi connectivity index (χ0n) is 11.8. The predicted octanol–water partition coefficient (Wildman–Crippen LogP) is 2.48. The van der Waals surface area contributed by atoms with Crippen molar-refractivity contribution in [1.29, 1.82) is 5.41 Å². The van der Waals surface area contributed by atoms with Crippen LogP contribution in [0.15, 0.2) is 35.1 Å². The van der Waals surface area contributed by atoms with Gasteiger partial charge in [0, 0.05) is 6.54 Å². The minimum absolute atomic E-state index is 0.195. The summed E-state index contributed by atoms with van der Waals surface area (Å²) in [4.78, 5) is 12.3. The van der Waals surface area contributed by atoms with E-state index in [1.54, 1.807) is 35.9 Å². The van der Waals surface area contributed by atoms with E-state index in [1.165, 1.54) is 0 Å². The highest BCUT2D eigenvalue weighted by Crippen LogP contribution is 2.29. The molecule has 0 saturated heterocycles. The van der Waals surface area contributed by atoms with Gasteiger partial charge in [0.25, 0.3) is 5.56 Å². The Bertz CT molecular complexity index is 753. The van der Waals surface area contributed by atoms with Gasteiger partial charge in [0.1, 0.15) is 11.6 Å². The van der Waals surface area contributed by atoms with Gasteiger partial charge in [0.15, 0.2) is 0 Å². The number of rotatable bonds is 4. The molecule has 3 N–H and O–H groups in total. The molecule has 0 bridgehead atoms. The summed E-state index contributed by atoms with van der Waals surface area (Å²) in [5.74, 6) is 0.340. The van der Waals surface area contributed by atoms with E-state index >= 15 is 0 Å². The fourth-order valence-corrected chi connectivity index (χ4v) is 2.43. The monoisotopic (exact) mass is 305 g/mol. The van der Waals surface area contributed by atoms with Crippen LogP contribution < -0.4 is 16.0 Å². The highest BCUT2D eigenvalue weighted by molar-refractivity contribution is 6.32. The van der Waals surface area contributed by atoms with Gasteiger partial charge >= 0.3 is 0 Å². The molecule has 1 aromatic heterocycles. The van der Waals surface area contributed by atoms with Crippen LogP contribution in [0, 0.1) is 5.41 Å². The molecule has 110 valence electrons. The molecule has 0 fully saturated rings. The third-order valence-electron chi connectivity index (χ3n) is 3.23. The molecule has 21 heavy (non-hydrogen) atoms. The Labute approximate surface area is 127 Å². The summed E-state index contributed by atoms with van der Waals surface area (Å²) in [6.07, 6.45) is 0. The molecule has 0 spiro atoms. The normalized spacial score (nSPS) is 10.4. The maximum absolute atomic E-state index is 12.3. The molecule has 1 heterocycles. The van der Waals surface area contributed by atoms with E-state index in [2.05, 4.69) is 0 Å². The van der Waals surface area contributed by atoms with E-state index in [1.807, 2.05) is 13.0 Å².